The van der Waals surface area contributed by atoms with Crippen LogP contribution in [0.4, 0.5) is 0 Å². The molecule has 0 aliphatic carbocycles. The molecule has 0 amide bonds. The minimum atomic E-state index is -3.82. The van der Waals surface area contributed by atoms with Gasteiger partial charge in [-0.1, -0.05) is 211 Å². The molecule has 746 valence electrons. The lowest BCUT2D eigenvalue weighted by atomic mass is 10.1. The maximum absolute atomic E-state index is 13.2. The third-order valence-corrected chi connectivity index (χ3v) is 25.5. The molecule has 40 nitrogen and oxygen atoms in total. The number of esters is 10. The third kappa shape index (κ3) is 50.5. The Hall–Kier alpha value is -10.1. The first-order valence-electron chi connectivity index (χ1n) is 42.7. The van der Waals surface area contributed by atoms with E-state index < -0.39 is 166 Å². The molecule has 7 aromatic rings. The van der Waals surface area contributed by atoms with E-state index >= 15 is 0 Å². The largest absolute Gasteiger partial charge is 0.438 e. The summed E-state index contributed by atoms with van der Waals surface area (Å²) in [5.74, 6) is -8.36. The monoisotopic (exact) mass is 1990 g/mol. The first kappa shape index (κ1) is 119. The normalized spacial score (nSPS) is 11.6. The number of rotatable bonds is 51. The van der Waals surface area contributed by atoms with Crippen LogP contribution in [0.15, 0.2) is 159 Å². The molecule has 0 aliphatic heterocycles. The predicted octanol–water partition coefficient (Wildman–Crippen LogP) is 18.4. The summed E-state index contributed by atoms with van der Waals surface area (Å²) in [4.78, 5) is 136. The summed E-state index contributed by atoms with van der Waals surface area (Å²) >= 11 is 0. The second kappa shape index (κ2) is 62.6. The number of para-hydroxylation sites is 1. The molecule has 0 aliphatic rings. The van der Waals surface area contributed by atoms with Crippen molar-refractivity contribution >= 4 is 109 Å². The fourth-order valence-corrected chi connectivity index (χ4v) is 15.4. The Morgan fingerprint density at radius 2 is 0.526 bits per heavy atom. The van der Waals surface area contributed by atoms with E-state index in [0.29, 0.717) is 28.2 Å². The van der Waals surface area contributed by atoms with Crippen molar-refractivity contribution in [1.82, 2.24) is 24.9 Å². The fourth-order valence-electron chi connectivity index (χ4n) is 8.99. The van der Waals surface area contributed by atoms with Crippen molar-refractivity contribution in [2.24, 2.45) is 59.2 Å². The van der Waals surface area contributed by atoms with Crippen LogP contribution in [-0.4, -0.2) is 153 Å². The van der Waals surface area contributed by atoms with E-state index in [1.54, 1.807) is 205 Å². The molecule has 7 rings (SSSR count). The summed E-state index contributed by atoms with van der Waals surface area (Å²) in [6.45, 7) is 28.0. The van der Waals surface area contributed by atoms with Crippen LogP contribution in [-0.2, 0) is 194 Å². The van der Waals surface area contributed by atoms with Gasteiger partial charge in [0.2, 0.25) is 67.9 Å². The molecule has 0 bridgehead atoms. The lowest BCUT2D eigenvalue weighted by Gasteiger charge is -2.19. The number of carbonyl (C=O) groups excluding carboxylic acids is 10. The lowest BCUT2D eigenvalue weighted by Crippen LogP contribution is -2.16. The number of hydrogen-bond donors (Lipinski definition) is 0. The van der Waals surface area contributed by atoms with Crippen LogP contribution in [0.25, 0.3) is 22.0 Å². The van der Waals surface area contributed by atoms with E-state index in [0.717, 1.165) is 22.0 Å². The van der Waals surface area contributed by atoms with E-state index in [9.17, 15) is 70.8 Å². The average molecular weight is 1990 g/mol. The van der Waals surface area contributed by atoms with Crippen LogP contribution >= 0.6 is 38.0 Å². The molecule has 0 radical (unpaired) electrons. The van der Waals surface area contributed by atoms with Crippen LogP contribution in [0, 0.1) is 59.2 Å². The van der Waals surface area contributed by atoms with Crippen molar-refractivity contribution in [3.05, 3.63) is 187 Å². The van der Waals surface area contributed by atoms with E-state index in [1.807, 2.05) is 66.7 Å². The summed E-state index contributed by atoms with van der Waals surface area (Å²) in [7, 11) is -18.8. The van der Waals surface area contributed by atoms with Gasteiger partial charge in [-0.25, -0.2) is 0 Å². The molecular weight excluding hydrogens is 1870 g/mol. The van der Waals surface area contributed by atoms with Crippen molar-refractivity contribution in [2.75, 3.05) is 67.9 Å². The first-order chi connectivity index (χ1) is 63.6. The zero-order valence-corrected chi connectivity index (χ0v) is 84.1. The van der Waals surface area contributed by atoms with Gasteiger partial charge >= 0.3 is 97.7 Å². The Morgan fingerprint density at radius 3 is 0.822 bits per heavy atom. The Labute approximate surface area is 787 Å². The molecule has 0 saturated heterocycles. The zero-order valence-electron chi connectivity index (χ0n) is 79.7. The summed E-state index contributed by atoms with van der Waals surface area (Å²) in [6, 6.07) is 36.1. The predicted molar refractivity (Wildman–Crippen MR) is 489 cm³/mol. The average Bonchev–Trinajstić information content (AvgIpc) is 0.824. The zero-order chi connectivity index (χ0) is 101. The summed E-state index contributed by atoms with van der Waals surface area (Å²) in [5, 5.41) is 0.935. The highest BCUT2D eigenvalue weighted by molar-refractivity contribution is 7.54. The number of aromatic nitrogens is 5. The van der Waals surface area contributed by atoms with Crippen molar-refractivity contribution in [3.63, 3.8) is 0 Å². The minimum absolute atomic E-state index is 0.0754. The number of hydrogen-bond acceptors (Lipinski definition) is 40. The van der Waals surface area contributed by atoms with Gasteiger partial charge in [-0.05, 0) is 65.2 Å². The molecule has 135 heavy (non-hydrogen) atoms. The molecule has 0 saturated carbocycles. The Balaban J connectivity index is 0.000000436. The van der Waals surface area contributed by atoms with Crippen molar-refractivity contribution in [1.29, 1.82) is 0 Å². The number of nitrogens with zero attached hydrogens (tertiary/aromatic N) is 5. The number of ether oxygens (including phenoxy) is 10. The Bertz CT molecular complexity index is 4630. The molecule has 0 spiro atoms. The summed E-state index contributed by atoms with van der Waals surface area (Å²) in [6.07, 6.45) is 8.69. The third-order valence-electron chi connectivity index (χ3n) is 16.8. The molecule has 0 atom stereocenters. The van der Waals surface area contributed by atoms with Gasteiger partial charge in [0, 0.05) is 48.1 Å². The maximum Gasteiger partial charge on any atom is 0.342 e. The first-order valence-corrected chi connectivity index (χ1v) is 51.3. The van der Waals surface area contributed by atoms with Gasteiger partial charge in [0.15, 0.2) is 0 Å². The molecule has 0 fully saturated rings. The minimum Gasteiger partial charge on any atom is -0.438 e. The highest BCUT2D eigenvalue weighted by Crippen LogP contribution is 2.55. The van der Waals surface area contributed by atoms with Gasteiger partial charge < -0.3 is 47.4 Å². The molecule has 0 N–H and O–H groups in total. The quantitative estimate of drug-likeness (QED) is 0.0148. The van der Waals surface area contributed by atoms with E-state index in [2.05, 4.69) is 24.9 Å². The number of pyridine rings is 5. The fraction of sp³-hybridized carbons (Fsp3) is 0.500. The van der Waals surface area contributed by atoms with Crippen LogP contribution in [0.3, 0.4) is 0 Å². The number of fused-ring (bicyclic) bond motifs is 1. The second-order valence-corrected chi connectivity index (χ2v) is 42.2. The molecular formula is C90H126N5O35P5. The van der Waals surface area contributed by atoms with Gasteiger partial charge in [0.1, 0.15) is 0 Å². The Kier molecular flexibility index (Phi) is 55.2. The second-order valence-electron chi connectivity index (χ2n) is 31.9. The summed E-state index contributed by atoms with van der Waals surface area (Å²) in [5.41, 5.74) is 5.28. The van der Waals surface area contributed by atoms with E-state index in [1.165, 1.54) is 24.8 Å². The molecule has 45 heteroatoms. The van der Waals surface area contributed by atoms with Gasteiger partial charge in [-0.3, -0.25) is 141 Å². The van der Waals surface area contributed by atoms with Gasteiger partial charge in [-0.15, -0.1) is 0 Å². The van der Waals surface area contributed by atoms with Crippen molar-refractivity contribution in [3.8, 4) is 11.1 Å². The number of benzene rings is 2. The number of carbonyl (C=O) groups is 10. The standard InChI is InChI=1S/C22H28NO7P.C20H26NO7P.3C16H24NO7P/c1-16(2)21(24)27-14-29-31(26,30-15-28-22(25)17(3)4)13-20-11-10-19(12-23-20)18-8-6-5-7-9-18;1-14(2)19(22)25-12-27-29(24,28-13-26-20(23)15(3)4)11-17-10-9-16-7-5-6-8-18(16)21-17;1-12(2)15(18)21-10-23-25(20,9-14-5-7-17-8-6-14)24-11-22-16(19)13(3)4;1-12(2)15(18)21-10-23-25(20,9-14-6-5-7-17-8-14)24-11-22-16(19)13(3)4;1-12(2)15(18)21-10-23-25(20,9-14-7-5-6-8-17-14)24-11-22-16(19)13(3)4/h5-12,16-17H,13-15H2,1-4H3;5-10,14-15H,11-13H2,1-4H3;3*5-8,12-13H,9-11H2,1-4H3. The van der Waals surface area contributed by atoms with E-state index in [-0.39, 0.29) is 90.0 Å². The summed E-state index contributed by atoms with van der Waals surface area (Å²) < 4.78 is 166. The highest BCUT2D eigenvalue weighted by atomic mass is 31.2. The van der Waals surface area contributed by atoms with Gasteiger partial charge in [-0.2, -0.15) is 0 Å². The van der Waals surface area contributed by atoms with Crippen LogP contribution in [0.5, 0.6) is 0 Å². The van der Waals surface area contributed by atoms with Crippen LogP contribution in [0.1, 0.15) is 167 Å². The van der Waals surface area contributed by atoms with Crippen molar-refractivity contribution < 1.29 is 163 Å². The van der Waals surface area contributed by atoms with Gasteiger partial charge in [0.05, 0.1) is 113 Å². The molecule has 5 aromatic heterocycles. The Morgan fingerprint density at radius 1 is 0.237 bits per heavy atom. The van der Waals surface area contributed by atoms with Gasteiger partial charge in [0.25, 0.3) is 0 Å². The van der Waals surface area contributed by atoms with Crippen molar-refractivity contribution in [2.45, 2.75) is 169 Å². The highest BCUT2D eigenvalue weighted by Gasteiger charge is 2.34. The topological polar surface area (TPSA) is 505 Å². The van der Waals surface area contributed by atoms with Crippen LogP contribution < -0.4 is 0 Å². The smallest absolute Gasteiger partial charge is 0.342 e. The van der Waals surface area contributed by atoms with E-state index in [4.69, 9.17) is 92.6 Å². The molecule has 2 aromatic carbocycles. The molecule has 5 heterocycles. The molecule has 0 unspecified atom stereocenters. The van der Waals surface area contributed by atoms with Crippen LogP contribution in [0.2, 0.25) is 0 Å². The maximum atomic E-state index is 13.2. The SMILES string of the molecule is CC(C)C(=O)OCOP(=O)(Cc1ccc(-c2ccccc2)cn1)OCOC(=O)C(C)C.CC(C)C(=O)OCOP(=O)(Cc1ccc2ccccc2n1)OCOC(=O)C(C)C.CC(C)C(=O)OCOP(=O)(Cc1ccccn1)OCOC(=O)C(C)C.CC(C)C(=O)OCOP(=O)(Cc1cccnc1)OCOC(=O)C(C)C.CC(C)C(=O)OCOP(=O)(Cc1ccncc1)OCOC(=O)C(C)C. The lowest BCUT2D eigenvalue weighted by molar-refractivity contribution is -0.158.